The second-order valence-electron chi connectivity index (χ2n) is 8.74. The zero-order valence-corrected chi connectivity index (χ0v) is 22.5. The number of amides is 3. The zero-order chi connectivity index (χ0) is 30.3. The van der Waals surface area contributed by atoms with Crippen LogP contribution in [0.5, 0.6) is 5.75 Å². The molecule has 0 aliphatic rings. The van der Waals surface area contributed by atoms with Gasteiger partial charge in [0.05, 0.1) is 16.8 Å². The van der Waals surface area contributed by atoms with Crippen LogP contribution in [0.15, 0.2) is 53.5 Å². The van der Waals surface area contributed by atoms with Crippen molar-refractivity contribution in [3.05, 3.63) is 64.0 Å². The summed E-state index contributed by atoms with van der Waals surface area (Å²) in [6.45, 7) is -0.159. The molecule has 0 aliphatic heterocycles. The Morgan fingerprint density at radius 3 is 2.61 bits per heavy atom. The number of allylic oxidation sites excluding steroid dienone is 1. The third kappa shape index (κ3) is 8.26. The first-order valence-corrected chi connectivity index (χ1v) is 12.7. The first-order valence-electron chi connectivity index (χ1n) is 11.9. The number of ether oxygens (including phenoxy) is 1. The Hall–Kier alpha value is -4.47. The molecule has 220 valence electrons. The van der Waals surface area contributed by atoms with E-state index in [1.807, 2.05) is 0 Å². The van der Waals surface area contributed by atoms with E-state index in [0.717, 1.165) is 22.0 Å². The third-order valence-corrected chi connectivity index (χ3v) is 6.51. The molecule has 1 atom stereocenters. The second-order valence-corrected chi connectivity index (χ2v) is 9.82. The van der Waals surface area contributed by atoms with E-state index in [4.69, 9.17) is 5.11 Å². The SMILES string of the molecule is CN(C)C(=O)/C=C/CC[C@H](NC(=O)O)C(=O)Nc1cccn(Cc2nc3cccc(OC(F)(F)C(F)F)c3s2)c1=O. The average molecular weight is 600 g/mol. The summed E-state index contributed by atoms with van der Waals surface area (Å²) in [7, 11) is 3.12. The van der Waals surface area contributed by atoms with Crippen LogP contribution in [0.3, 0.4) is 0 Å². The van der Waals surface area contributed by atoms with Crippen LogP contribution in [0.2, 0.25) is 0 Å². The Kier molecular flexibility index (Phi) is 10.0. The van der Waals surface area contributed by atoms with Gasteiger partial charge in [0.2, 0.25) is 11.8 Å². The quantitative estimate of drug-likeness (QED) is 0.213. The molecular formula is C25H25F4N5O6S. The van der Waals surface area contributed by atoms with E-state index in [1.54, 1.807) is 14.1 Å². The summed E-state index contributed by atoms with van der Waals surface area (Å²) in [5, 5.41) is 13.8. The lowest BCUT2D eigenvalue weighted by Gasteiger charge is -2.16. The van der Waals surface area contributed by atoms with E-state index >= 15 is 0 Å². The van der Waals surface area contributed by atoms with E-state index in [0.29, 0.717) is 0 Å². The van der Waals surface area contributed by atoms with Gasteiger partial charge in [-0.2, -0.15) is 17.6 Å². The Balaban J connectivity index is 1.77. The average Bonchev–Trinajstić information content (AvgIpc) is 3.31. The van der Waals surface area contributed by atoms with Crippen LogP contribution in [0.4, 0.5) is 28.0 Å². The number of likely N-dealkylation sites (N-methyl/N-ethyl adjacent to an activating group) is 1. The number of alkyl halides is 4. The van der Waals surface area contributed by atoms with E-state index in [-0.39, 0.29) is 46.2 Å². The Morgan fingerprint density at radius 2 is 1.95 bits per heavy atom. The van der Waals surface area contributed by atoms with Crippen molar-refractivity contribution < 1.29 is 41.8 Å². The van der Waals surface area contributed by atoms with Crippen molar-refractivity contribution in [2.75, 3.05) is 19.4 Å². The fourth-order valence-corrected chi connectivity index (χ4v) is 4.46. The number of rotatable bonds is 12. The predicted molar refractivity (Wildman–Crippen MR) is 142 cm³/mol. The fourth-order valence-electron chi connectivity index (χ4n) is 3.45. The van der Waals surface area contributed by atoms with Crippen LogP contribution in [-0.2, 0) is 16.1 Å². The molecule has 0 saturated carbocycles. The Bertz CT molecular complexity index is 1510. The van der Waals surface area contributed by atoms with Crippen LogP contribution in [-0.4, -0.2) is 70.1 Å². The van der Waals surface area contributed by atoms with Crippen molar-refractivity contribution in [3.8, 4) is 5.75 Å². The number of carbonyl (C=O) groups is 3. The molecule has 3 aromatic rings. The van der Waals surface area contributed by atoms with Crippen LogP contribution in [0.1, 0.15) is 17.8 Å². The predicted octanol–water partition coefficient (Wildman–Crippen LogP) is 3.74. The van der Waals surface area contributed by atoms with Crippen molar-refractivity contribution >= 4 is 45.1 Å². The van der Waals surface area contributed by atoms with Gasteiger partial charge in [-0.25, -0.2) is 9.78 Å². The molecule has 0 saturated heterocycles. The number of halogens is 4. The smallest absolute Gasteiger partial charge is 0.461 e. The third-order valence-electron chi connectivity index (χ3n) is 5.44. The first kappa shape index (κ1) is 31.1. The number of carbonyl (C=O) groups excluding carboxylic acids is 2. The molecule has 0 aliphatic carbocycles. The summed E-state index contributed by atoms with van der Waals surface area (Å²) in [4.78, 5) is 54.2. The van der Waals surface area contributed by atoms with Crippen molar-refractivity contribution in [2.45, 2.75) is 38.0 Å². The van der Waals surface area contributed by atoms with Gasteiger partial charge >= 0.3 is 18.6 Å². The lowest BCUT2D eigenvalue weighted by molar-refractivity contribution is -0.252. The minimum atomic E-state index is -4.71. The van der Waals surface area contributed by atoms with Gasteiger partial charge in [-0.15, -0.1) is 11.3 Å². The van der Waals surface area contributed by atoms with Gasteiger partial charge in [0, 0.05) is 20.3 Å². The topological polar surface area (TPSA) is 143 Å². The highest BCUT2D eigenvalue weighted by Crippen LogP contribution is 2.36. The van der Waals surface area contributed by atoms with Crippen molar-refractivity contribution in [2.24, 2.45) is 0 Å². The van der Waals surface area contributed by atoms with Crippen molar-refractivity contribution in [1.29, 1.82) is 0 Å². The van der Waals surface area contributed by atoms with E-state index in [9.17, 15) is 36.7 Å². The maximum absolute atomic E-state index is 13.5. The van der Waals surface area contributed by atoms with Gasteiger partial charge in [0.15, 0.2) is 0 Å². The minimum Gasteiger partial charge on any atom is -0.465 e. The number of nitrogens with one attached hydrogen (secondary N) is 2. The molecule has 0 unspecified atom stereocenters. The molecule has 3 rings (SSSR count). The highest BCUT2D eigenvalue weighted by molar-refractivity contribution is 7.19. The summed E-state index contributed by atoms with van der Waals surface area (Å²) in [5.74, 6) is -1.59. The lowest BCUT2D eigenvalue weighted by Crippen LogP contribution is -2.44. The van der Waals surface area contributed by atoms with Gasteiger partial charge in [0.1, 0.15) is 22.5 Å². The molecule has 0 radical (unpaired) electrons. The maximum Gasteiger partial charge on any atom is 0.461 e. The van der Waals surface area contributed by atoms with Crippen LogP contribution in [0, 0.1) is 0 Å². The van der Waals surface area contributed by atoms with E-state index in [2.05, 4.69) is 20.4 Å². The number of hydrogen-bond donors (Lipinski definition) is 3. The molecule has 0 spiro atoms. The summed E-state index contributed by atoms with van der Waals surface area (Å²) in [6, 6.07) is 5.37. The molecule has 3 N–H and O–H groups in total. The maximum atomic E-state index is 13.5. The Morgan fingerprint density at radius 1 is 1.22 bits per heavy atom. The molecule has 3 amide bonds. The molecule has 2 aromatic heterocycles. The number of fused-ring (bicyclic) bond motifs is 1. The molecule has 16 heteroatoms. The summed E-state index contributed by atoms with van der Waals surface area (Å²) < 4.78 is 57.6. The summed E-state index contributed by atoms with van der Waals surface area (Å²) in [5.41, 5.74) is -0.657. The van der Waals surface area contributed by atoms with Gasteiger partial charge in [0.25, 0.3) is 5.56 Å². The number of carboxylic acid groups (broad SMARTS) is 1. The molecule has 0 fully saturated rings. The van der Waals surface area contributed by atoms with Crippen LogP contribution < -0.4 is 20.9 Å². The highest BCUT2D eigenvalue weighted by atomic mass is 32.1. The number of anilines is 1. The number of benzene rings is 1. The molecule has 2 heterocycles. The molecule has 1 aromatic carbocycles. The zero-order valence-electron chi connectivity index (χ0n) is 21.6. The van der Waals surface area contributed by atoms with Gasteiger partial charge < -0.3 is 29.9 Å². The first-order chi connectivity index (χ1) is 19.3. The van der Waals surface area contributed by atoms with Crippen molar-refractivity contribution in [1.82, 2.24) is 19.8 Å². The van der Waals surface area contributed by atoms with Crippen molar-refractivity contribution in [3.63, 3.8) is 0 Å². The van der Waals surface area contributed by atoms with E-state index in [1.165, 1.54) is 47.5 Å². The van der Waals surface area contributed by atoms with Crippen LogP contribution >= 0.6 is 11.3 Å². The van der Waals surface area contributed by atoms with Gasteiger partial charge in [-0.3, -0.25) is 14.4 Å². The number of hydrogen-bond acceptors (Lipinski definition) is 7. The summed E-state index contributed by atoms with van der Waals surface area (Å²) in [6.07, 6.45) is -5.88. The number of pyridine rings is 1. The second kappa shape index (κ2) is 13.3. The molecular weight excluding hydrogens is 574 g/mol. The fraction of sp³-hybridized carbons (Fsp3) is 0.320. The Labute approximate surface area is 234 Å². The standard InChI is InChI=1S/C25H25F4N5O6S/c1-33(2)19(35)11-4-3-7-15(32-24(38)39)21(36)31-16-9-6-12-34(22(16)37)13-18-30-14-8-5-10-17(20(14)41-18)40-25(28,29)23(26)27/h4-6,8-12,15,23,32H,3,7,13H2,1-2H3,(H,31,36)(H,38,39)/b11-4+/t15-/m0/s1. The molecule has 11 nitrogen and oxygen atoms in total. The highest BCUT2D eigenvalue weighted by Gasteiger charge is 2.44. The van der Waals surface area contributed by atoms with Gasteiger partial charge in [-0.05, 0) is 43.2 Å². The lowest BCUT2D eigenvalue weighted by atomic mass is 10.1. The minimum absolute atomic E-state index is 0.00290. The monoisotopic (exact) mass is 599 g/mol. The number of aromatic nitrogens is 2. The summed E-state index contributed by atoms with van der Waals surface area (Å²) >= 11 is 0.856. The van der Waals surface area contributed by atoms with E-state index < -0.39 is 41.9 Å². The van der Waals surface area contributed by atoms with Gasteiger partial charge in [-0.1, -0.05) is 12.1 Å². The number of thiazole rings is 1. The largest absolute Gasteiger partial charge is 0.465 e. The normalized spacial score (nSPS) is 12.5. The molecule has 0 bridgehead atoms. The number of nitrogens with zero attached hydrogens (tertiary/aromatic N) is 3. The van der Waals surface area contributed by atoms with Crippen LogP contribution in [0.25, 0.3) is 10.2 Å². The molecule has 41 heavy (non-hydrogen) atoms.